The summed E-state index contributed by atoms with van der Waals surface area (Å²) < 4.78 is 11.2. The number of aryl methyl sites for hydroxylation is 2. The van der Waals surface area contributed by atoms with Crippen LogP contribution < -0.4 is 0 Å². The summed E-state index contributed by atoms with van der Waals surface area (Å²) in [5.74, 6) is 0.843. The number of amides is 1. The van der Waals surface area contributed by atoms with Crippen molar-refractivity contribution < 1.29 is 14.1 Å². The topological polar surface area (TPSA) is 55.6 Å². The predicted octanol–water partition coefficient (Wildman–Crippen LogP) is 2.96. The maximum absolute atomic E-state index is 13.2. The molecule has 1 aliphatic heterocycles. The molecule has 0 unspecified atom stereocenters. The smallest absolute Gasteiger partial charge is 0.230 e. The highest BCUT2D eigenvalue weighted by molar-refractivity contribution is 5.84. The van der Waals surface area contributed by atoms with Gasteiger partial charge in [0, 0.05) is 12.1 Å². The Hall–Kier alpha value is -1.36. The lowest BCUT2D eigenvalue weighted by Gasteiger charge is -2.44. The van der Waals surface area contributed by atoms with Crippen molar-refractivity contribution in [3.8, 4) is 0 Å². The van der Waals surface area contributed by atoms with Gasteiger partial charge >= 0.3 is 0 Å². The van der Waals surface area contributed by atoms with E-state index in [0.29, 0.717) is 13.2 Å². The minimum atomic E-state index is -0.146. The third kappa shape index (κ3) is 2.67. The van der Waals surface area contributed by atoms with Gasteiger partial charge in [-0.2, -0.15) is 0 Å². The number of carbonyl (C=O) groups is 1. The van der Waals surface area contributed by atoms with Gasteiger partial charge in [-0.1, -0.05) is 24.9 Å². The fourth-order valence-electron chi connectivity index (χ4n) is 4.06. The summed E-state index contributed by atoms with van der Waals surface area (Å²) in [6, 6.07) is 0.254. The molecule has 22 heavy (non-hydrogen) atoms. The lowest BCUT2D eigenvalue weighted by Crippen LogP contribution is -2.55. The third-order valence-corrected chi connectivity index (χ3v) is 5.16. The fourth-order valence-corrected chi connectivity index (χ4v) is 4.06. The first kappa shape index (κ1) is 15.5. The van der Waals surface area contributed by atoms with Crippen molar-refractivity contribution in [2.75, 3.05) is 13.2 Å². The SMILES string of the molecule is CC[C@H](C(=O)N1CCO[C@H]2CCCC[C@@H]21)c1c(C)noc1C. The molecule has 1 saturated carbocycles. The van der Waals surface area contributed by atoms with Gasteiger partial charge in [0.25, 0.3) is 0 Å². The number of ether oxygens (including phenoxy) is 1. The standard InChI is InChI=1S/C17H26N2O3/c1-4-13(16-11(2)18-22-12(16)3)17(20)19-9-10-21-15-8-6-5-7-14(15)19/h13-15H,4-10H2,1-3H3/t13-,14-,15-/m0/s1. The lowest BCUT2D eigenvalue weighted by molar-refractivity contribution is -0.151. The summed E-state index contributed by atoms with van der Waals surface area (Å²) in [6.45, 7) is 7.25. The van der Waals surface area contributed by atoms with Crippen LogP contribution in [0.5, 0.6) is 0 Å². The monoisotopic (exact) mass is 306 g/mol. The number of carbonyl (C=O) groups excluding carboxylic acids is 1. The maximum Gasteiger partial charge on any atom is 0.230 e. The molecular weight excluding hydrogens is 280 g/mol. The number of fused-ring (bicyclic) bond motifs is 1. The maximum atomic E-state index is 13.2. The predicted molar refractivity (Wildman–Crippen MR) is 82.7 cm³/mol. The van der Waals surface area contributed by atoms with Crippen molar-refractivity contribution in [2.45, 2.75) is 70.9 Å². The molecule has 2 heterocycles. The summed E-state index contributed by atoms with van der Waals surface area (Å²) in [6.07, 6.45) is 5.55. The first-order chi connectivity index (χ1) is 10.6. The molecule has 122 valence electrons. The molecule has 1 aliphatic carbocycles. The van der Waals surface area contributed by atoms with Crippen LogP contribution >= 0.6 is 0 Å². The van der Waals surface area contributed by atoms with E-state index in [1.165, 1.54) is 12.8 Å². The first-order valence-electron chi connectivity index (χ1n) is 8.48. The van der Waals surface area contributed by atoms with Gasteiger partial charge in [-0.15, -0.1) is 0 Å². The minimum absolute atomic E-state index is 0.146. The molecule has 1 saturated heterocycles. The summed E-state index contributed by atoms with van der Waals surface area (Å²) >= 11 is 0. The minimum Gasteiger partial charge on any atom is -0.374 e. The zero-order chi connectivity index (χ0) is 15.7. The Morgan fingerprint density at radius 1 is 1.36 bits per heavy atom. The van der Waals surface area contributed by atoms with Crippen molar-refractivity contribution in [1.29, 1.82) is 0 Å². The summed E-state index contributed by atoms with van der Waals surface area (Å²) in [5, 5.41) is 4.02. The molecule has 2 fully saturated rings. The Bertz CT molecular complexity index is 519. The molecule has 0 spiro atoms. The number of hydrogen-bond donors (Lipinski definition) is 0. The second-order valence-electron chi connectivity index (χ2n) is 6.49. The van der Waals surface area contributed by atoms with Crippen molar-refractivity contribution in [3.63, 3.8) is 0 Å². The fraction of sp³-hybridized carbons (Fsp3) is 0.765. The van der Waals surface area contributed by atoms with E-state index < -0.39 is 0 Å². The molecule has 3 atom stereocenters. The van der Waals surface area contributed by atoms with Crippen LogP contribution in [0, 0.1) is 13.8 Å². The third-order valence-electron chi connectivity index (χ3n) is 5.16. The van der Waals surface area contributed by atoms with Gasteiger partial charge in [-0.25, -0.2) is 0 Å². The van der Waals surface area contributed by atoms with Gasteiger partial charge in [-0.05, 0) is 33.1 Å². The quantitative estimate of drug-likeness (QED) is 0.861. The highest BCUT2D eigenvalue weighted by Gasteiger charge is 2.39. The van der Waals surface area contributed by atoms with E-state index in [-0.39, 0.29) is 24.0 Å². The van der Waals surface area contributed by atoms with E-state index in [1.54, 1.807) is 0 Å². The summed E-state index contributed by atoms with van der Waals surface area (Å²) in [7, 11) is 0. The van der Waals surface area contributed by atoms with Gasteiger partial charge in [0.15, 0.2) is 0 Å². The zero-order valence-electron chi connectivity index (χ0n) is 13.8. The molecule has 1 aromatic rings. The molecule has 0 N–H and O–H groups in total. The van der Waals surface area contributed by atoms with Gasteiger partial charge in [0.2, 0.25) is 5.91 Å². The van der Waals surface area contributed by atoms with Crippen LogP contribution in [0.1, 0.15) is 62.0 Å². The van der Waals surface area contributed by atoms with Crippen LogP contribution in [0.4, 0.5) is 0 Å². The number of morpholine rings is 1. The highest BCUT2D eigenvalue weighted by Crippen LogP contribution is 2.33. The Balaban J connectivity index is 1.84. The molecule has 1 aromatic heterocycles. The summed E-state index contributed by atoms with van der Waals surface area (Å²) in [5.41, 5.74) is 1.82. The van der Waals surface area contributed by atoms with E-state index in [0.717, 1.165) is 36.3 Å². The van der Waals surface area contributed by atoms with E-state index in [1.807, 2.05) is 13.8 Å². The van der Waals surface area contributed by atoms with E-state index in [2.05, 4.69) is 17.0 Å². The van der Waals surface area contributed by atoms with Gasteiger partial charge < -0.3 is 14.2 Å². The highest BCUT2D eigenvalue weighted by atomic mass is 16.5. The van der Waals surface area contributed by atoms with Gasteiger partial charge in [0.05, 0.1) is 30.4 Å². The summed E-state index contributed by atoms with van der Waals surface area (Å²) in [4.78, 5) is 15.3. The number of rotatable bonds is 3. The normalized spacial score (nSPS) is 26.6. The van der Waals surface area contributed by atoms with E-state index in [9.17, 15) is 4.79 Å². The van der Waals surface area contributed by atoms with Gasteiger partial charge in [0.1, 0.15) is 5.76 Å². The molecule has 0 bridgehead atoms. The average Bonchev–Trinajstić information content (AvgIpc) is 2.87. The Labute approximate surface area is 132 Å². The number of nitrogens with zero attached hydrogens (tertiary/aromatic N) is 2. The van der Waals surface area contributed by atoms with E-state index in [4.69, 9.17) is 9.26 Å². The van der Waals surface area contributed by atoms with Crippen LogP contribution in [-0.4, -0.2) is 41.3 Å². The number of aromatic nitrogens is 1. The van der Waals surface area contributed by atoms with E-state index >= 15 is 0 Å². The molecule has 5 heteroatoms. The molecule has 3 rings (SSSR count). The zero-order valence-corrected chi connectivity index (χ0v) is 13.8. The second kappa shape index (κ2) is 6.41. The van der Waals surface area contributed by atoms with Crippen molar-refractivity contribution in [1.82, 2.24) is 10.1 Å². The van der Waals surface area contributed by atoms with Crippen LogP contribution in [0.3, 0.4) is 0 Å². The molecule has 0 radical (unpaired) electrons. The molecule has 5 nitrogen and oxygen atoms in total. The second-order valence-corrected chi connectivity index (χ2v) is 6.49. The molecule has 0 aromatic carbocycles. The molecular formula is C17H26N2O3. The Kier molecular flexibility index (Phi) is 4.52. The van der Waals surface area contributed by atoms with Gasteiger partial charge in [-0.3, -0.25) is 4.79 Å². The largest absolute Gasteiger partial charge is 0.374 e. The molecule has 2 aliphatic rings. The lowest BCUT2D eigenvalue weighted by atomic mass is 9.87. The molecule has 1 amide bonds. The Morgan fingerprint density at radius 2 is 2.14 bits per heavy atom. The number of hydrogen-bond acceptors (Lipinski definition) is 4. The van der Waals surface area contributed by atoms with Crippen LogP contribution in [0.15, 0.2) is 4.52 Å². The van der Waals surface area contributed by atoms with Crippen molar-refractivity contribution >= 4 is 5.91 Å². The van der Waals surface area contributed by atoms with Crippen LogP contribution in [-0.2, 0) is 9.53 Å². The van der Waals surface area contributed by atoms with Crippen LogP contribution in [0.25, 0.3) is 0 Å². The average molecular weight is 306 g/mol. The van der Waals surface area contributed by atoms with Crippen molar-refractivity contribution in [2.24, 2.45) is 0 Å². The van der Waals surface area contributed by atoms with Crippen LogP contribution in [0.2, 0.25) is 0 Å². The van der Waals surface area contributed by atoms with Crippen molar-refractivity contribution in [3.05, 3.63) is 17.0 Å². The first-order valence-corrected chi connectivity index (χ1v) is 8.48. The Morgan fingerprint density at radius 3 is 2.82 bits per heavy atom.